The fraction of sp³-hybridized carbons (Fsp3) is 0.400. The minimum atomic E-state index is -0.168. The molecular formula is C10H15N3O. The molecule has 0 fully saturated rings. The molecule has 4 nitrogen and oxygen atoms in total. The number of nitrogens with one attached hydrogen (secondary N) is 1. The van der Waals surface area contributed by atoms with Gasteiger partial charge in [-0.2, -0.15) is 0 Å². The van der Waals surface area contributed by atoms with Gasteiger partial charge in [-0.25, -0.2) is 4.98 Å². The summed E-state index contributed by atoms with van der Waals surface area (Å²) < 4.78 is 0. The number of nitrogens with zero attached hydrogens (tertiary/aromatic N) is 1. The quantitative estimate of drug-likeness (QED) is 0.729. The van der Waals surface area contributed by atoms with E-state index in [1.165, 1.54) is 0 Å². The fourth-order valence-corrected chi connectivity index (χ4v) is 1.03. The zero-order chi connectivity index (χ0) is 10.6. The number of aryl methyl sites for hydroxylation is 2. The molecule has 1 heterocycles. The van der Waals surface area contributed by atoms with Crippen LogP contribution in [0.5, 0.6) is 0 Å². The monoisotopic (exact) mass is 193 g/mol. The van der Waals surface area contributed by atoms with Crippen molar-refractivity contribution in [3.63, 3.8) is 0 Å². The maximum atomic E-state index is 11.4. The Hall–Kier alpha value is -1.42. The Morgan fingerprint density at radius 2 is 2.21 bits per heavy atom. The van der Waals surface area contributed by atoms with Crippen LogP contribution < -0.4 is 11.1 Å². The number of nitrogens with two attached hydrogens (primary N) is 1. The first-order valence-electron chi connectivity index (χ1n) is 4.57. The summed E-state index contributed by atoms with van der Waals surface area (Å²) in [5, 5.41) is 2.67. The van der Waals surface area contributed by atoms with Crippen molar-refractivity contribution in [3.05, 3.63) is 29.1 Å². The van der Waals surface area contributed by atoms with Crippen molar-refractivity contribution in [2.24, 2.45) is 5.73 Å². The summed E-state index contributed by atoms with van der Waals surface area (Å²) in [5.41, 5.74) is 7.68. The molecule has 3 N–H and O–H groups in total. The van der Waals surface area contributed by atoms with E-state index >= 15 is 0 Å². The van der Waals surface area contributed by atoms with Crippen molar-refractivity contribution in [2.75, 3.05) is 13.1 Å². The zero-order valence-corrected chi connectivity index (χ0v) is 8.50. The van der Waals surface area contributed by atoms with Crippen molar-refractivity contribution in [3.8, 4) is 0 Å². The molecule has 1 aromatic rings. The Morgan fingerprint density at radius 3 is 2.79 bits per heavy atom. The molecule has 0 saturated heterocycles. The van der Waals surface area contributed by atoms with Gasteiger partial charge < -0.3 is 11.1 Å². The Bertz CT molecular complexity index is 336. The molecular weight excluding hydrogens is 178 g/mol. The summed E-state index contributed by atoms with van der Waals surface area (Å²) in [5.74, 6) is -0.168. The van der Waals surface area contributed by atoms with Gasteiger partial charge in [-0.1, -0.05) is 6.07 Å². The van der Waals surface area contributed by atoms with Crippen molar-refractivity contribution in [2.45, 2.75) is 13.8 Å². The maximum absolute atomic E-state index is 11.4. The third kappa shape index (κ3) is 2.53. The highest BCUT2D eigenvalue weighted by atomic mass is 16.1. The van der Waals surface area contributed by atoms with Crippen LogP contribution in [0.15, 0.2) is 12.1 Å². The molecule has 0 aliphatic rings. The van der Waals surface area contributed by atoms with E-state index in [4.69, 9.17) is 5.73 Å². The van der Waals surface area contributed by atoms with E-state index in [1.54, 1.807) is 6.07 Å². The van der Waals surface area contributed by atoms with Crippen molar-refractivity contribution < 1.29 is 4.79 Å². The summed E-state index contributed by atoms with van der Waals surface area (Å²) in [6, 6.07) is 3.61. The number of rotatable bonds is 3. The predicted octanol–water partition coefficient (Wildman–Crippen LogP) is 0.387. The minimum Gasteiger partial charge on any atom is -0.349 e. The molecule has 14 heavy (non-hydrogen) atoms. The number of carbonyl (C=O) groups is 1. The molecule has 0 aliphatic carbocycles. The van der Waals surface area contributed by atoms with Crippen LogP contribution in [0.1, 0.15) is 21.7 Å². The van der Waals surface area contributed by atoms with E-state index in [0.717, 1.165) is 11.3 Å². The Balaban J connectivity index is 2.76. The molecule has 0 radical (unpaired) electrons. The van der Waals surface area contributed by atoms with Crippen LogP contribution >= 0.6 is 0 Å². The standard InChI is InChI=1S/C10H15N3O/c1-7-3-4-9(13-8(7)2)10(14)12-6-5-11/h3-4H,5-6,11H2,1-2H3,(H,12,14). The largest absolute Gasteiger partial charge is 0.349 e. The molecule has 1 aromatic heterocycles. The second kappa shape index (κ2) is 4.72. The first kappa shape index (κ1) is 10.7. The summed E-state index contributed by atoms with van der Waals surface area (Å²) in [6.45, 7) is 4.77. The number of hydrogen-bond acceptors (Lipinski definition) is 3. The lowest BCUT2D eigenvalue weighted by molar-refractivity contribution is 0.0949. The highest BCUT2D eigenvalue weighted by molar-refractivity contribution is 5.92. The van der Waals surface area contributed by atoms with Crippen LogP contribution in [0.3, 0.4) is 0 Å². The summed E-state index contributed by atoms with van der Waals surface area (Å²) in [6.07, 6.45) is 0. The SMILES string of the molecule is Cc1ccc(C(=O)NCCN)nc1C. The van der Waals surface area contributed by atoms with Crippen LogP contribution in [0.2, 0.25) is 0 Å². The number of hydrogen-bond donors (Lipinski definition) is 2. The maximum Gasteiger partial charge on any atom is 0.269 e. The number of amides is 1. The molecule has 4 heteroatoms. The number of aromatic nitrogens is 1. The van der Waals surface area contributed by atoms with E-state index in [2.05, 4.69) is 10.3 Å². The Kier molecular flexibility index (Phi) is 3.59. The van der Waals surface area contributed by atoms with Gasteiger partial charge in [0.1, 0.15) is 5.69 Å². The topological polar surface area (TPSA) is 68.0 Å². The van der Waals surface area contributed by atoms with E-state index in [0.29, 0.717) is 18.8 Å². The summed E-state index contributed by atoms with van der Waals surface area (Å²) in [7, 11) is 0. The van der Waals surface area contributed by atoms with Gasteiger partial charge >= 0.3 is 0 Å². The Morgan fingerprint density at radius 1 is 1.50 bits per heavy atom. The molecule has 0 bridgehead atoms. The molecule has 0 aromatic carbocycles. The van der Waals surface area contributed by atoms with E-state index < -0.39 is 0 Å². The van der Waals surface area contributed by atoms with Gasteiger partial charge in [-0.15, -0.1) is 0 Å². The second-order valence-electron chi connectivity index (χ2n) is 3.14. The highest BCUT2D eigenvalue weighted by Crippen LogP contribution is 2.04. The van der Waals surface area contributed by atoms with E-state index in [1.807, 2.05) is 19.9 Å². The molecule has 0 atom stereocenters. The van der Waals surface area contributed by atoms with Gasteiger partial charge in [0, 0.05) is 18.8 Å². The zero-order valence-electron chi connectivity index (χ0n) is 8.50. The predicted molar refractivity (Wildman–Crippen MR) is 55.1 cm³/mol. The average molecular weight is 193 g/mol. The normalized spacial score (nSPS) is 9.93. The van der Waals surface area contributed by atoms with Crippen LogP contribution in [-0.2, 0) is 0 Å². The van der Waals surface area contributed by atoms with Gasteiger partial charge in [-0.3, -0.25) is 4.79 Å². The van der Waals surface area contributed by atoms with E-state index in [-0.39, 0.29) is 5.91 Å². The first-order valence-corrected chi connectivity index (χ1v) is 4.57. The van der Waals surface area contributed by atoms with E-state index in [9.17, 15) is 4.79 Å². The average Bonchev–Trinajstić information content (AvgIpc) is 2.18. The van der Waals surface area contributed by atoms with Gasteiger partial charge in [0.15, 0.2) is 0 Å². The molecule has 1 amide bonds. The molecule has 0 spiro atoms. The van der Waals surface area contributed by atoms with Crippen molar-refractivity contribution >= 4 is 5.91 Å². The van der Waals surface area contributed by atoms with Crippen LogP contribution in [0.4, 0.5) is 0 Å². The third-order valence-corrected chi connectivity index (χ3v) is 2.01. The third-order valence-electron chi connectivity index (χ3n) is 2.01. The van der Waals surface area contributed by atoms with Crippen LogP contribution in [0, 0.1) is 13.8 Å². The molecule has 1 rings (SSSR count). The Labute approximate surface area is 83.5 Å². The molecule has 0 saturated carbocycles. The first-order chi connectivity index (χ1) is 6.65. The molecule has 0 unspecified atom stereocenters. The van der Waals surface area contributed by atoms with Crippen LogP contribution in [-0.4, -0.2) is 24.0 Å². The summed E-state index contributed by atoms with van der Waals surface area (Å²) in [4.78, 5) is 15.6. The lowest BCUT2D eigenvalue weighted by atomic mass is 10.2. The second-order valence-corrected chi connectivity index (χ2v) is 3.14. The fourth-order valence-electron chi connectivity index (χ4n) is 1.03. The van der Waals surface area contributed by atoms with Gasteiger partial charge in [0.05, 0.1) is 0 Å². The van der Waals surface area contributed by atoms with Crippen LogP contribution in [0.25, 0.3) is 0 Å². The number of carbonyl (C=O) groups excluding carboxylic acids is 1. The minimum absolute atomic E-state index is 0.168. The molecule has 0 aliphatic heterocycles. The summed E-state index contributed by atoms with van der Waals surface area (Å²) >= 11 is 0. The smallest absolute Gasteiger partial charge is 0.269 e. The number of pyridine rings is 1. The lowest BCUT2D eigenvalue weighted by Crippen LogP contribution is -2.29. The van der Waals surface area contributed by atoms with Gasteiger partial charge in [0.2, 0.25) is 0 Å². The van der Waals surface area contributed by atoms with Crippen molar-refractivity contribution in [1.82, 2.24) is 10.3 Å². The van der Waals surface area contributed by atoms with Gasteiger partial charge in [-0.05, 0) is 25.5 Å². The molecule has 76 valence electrons. The lowest BCUT2D eigenvalue weighted by Gasteiger charge is -2.04. The van der Waals surface area contributed by atoms with Crippen molar-refractivity contribution in [1.29, 1.82) is 0 Å². The van der Waals surface area contributed by atoms with Gasteiger partial charge in [0.25, 0.3) is 5.91 Å². The highest BCUT2D eigenvalue weighted by Gasteiger charge is 2.06.